The van der Waals surface area contributed by atoms with Crippen molar-refractivity contribution in [3.8, 4) is 0 Å². The normalized spacial score (nSPS) is 12.4. The van der Waals surface area contributed by atoms with Gasteiger partial charge >= 0.3 is 0 Å². The molecule has 0 saturated heterocycles. The largest absolute Gasteiger partial charge is 0.323 e. The molecule has 9 heteroatoms. The summed E-state index contributed by atoms with van der Waals surface area (Å²) < 4.78 is 29.0. The minimum absolute atomic E-state index is 0.0531. The van der Waals surface area contributed by atoms with Crippen LogP contribution in [-0.2, 0) is 21.2 Å². The topological polar surface area (TPSA) is 75.3 Å². The average molecular weight is 528 g/mol. The van der Waals surface area contributed by atoms with Crippen LogP contribution >= 0.6 is 39.1 Å². The third-order valence-corrected chi connectivity index (χ3v) is 7.07. The summed E-state index contributed by atoms with van der Waals surface area (Å²) in [4.78, 5) is 13.0. The first-order chi connectivity index (χ1) is 14.3. The molecule has 1 amide bonds. The Morgan fingerprint density at radius 2 is 1.60 bits per heavy atom. The second-order valence-corrected chi connectivity index (χ2v) is 9.82. The van der Waals surface area contributed by atoms with E-state index >= 15 is 0 Å². The number of anilines is 1. The highest BCUT2D eigenvalue weighted by molar-refractivity contribution is 9.10. The molecule has 0 saturated carbocycles. The number of hydrogen-bond acceptors (Lipinski definition) is 3. The van der Waals surface area contributed by atoms with E-state index in [1.54, 1.807) is 30.3 Å². The minimum Gasteiger partial charge on any atom is -0.323 e. The second kappa shape index (κ2) is 9.94. The van der Waals surface area contributed by atoms with Crippen molar-refractivity contribution in [3.05, 3.63) is 92.9 Å². The van der Waals surface area contributed by atoms with E-state index in [-0.39, 0.29) is 21.4 Å². The summed E-state index contributed by atoms with van der Waals surface area (Å²) in [7, 11) is -3.94. The van der Waals surface area contributed by atoms with Gasteiger partial charge in [-0.15, -0.1) is 0 Å². The number of carbonyl (C=O) groups is 1. The molecular formula is C21H17BrCl2N2O3S. The van der Waals surface area contributed by atoms with Crippen molar-refractivity contribution in [2.24, 2.45) is 0 Å². The molecule has 0 aliphatic rings. The van der Waals surface area contributed by atoms with Crippen molar-refractivity contribution in [2.45, 2.75) is 17.4 Å². The molecule has 0 radical (unpaired) electrons. The third kappa shape index (κ3) is 5.83. The Labute approximate surface area is 193 Å². The number of carbonyl (C=O) groups excluding carboxylic acids is 1. The first-order valence-electron chi connectivity index (χ1n) is 8.83. The molecule has 0 aliphatic carbocycles. The lowest BCUT2D eigenvalue weighted by atomic mass is 10.1. The van der Waals surface area contributed by atoms with Crippen molar-refractivity contribution < 1.29 is 13.2 Å². The lowest BCUT2D eigenvalue weighted by molar-refractivity contribution is -0.117. The molecule has 0 spiro atoms. The number of halogens is 3. The Morgan fingerprint density at radius 3 is 2.27 bits per heavy atom. The lowest BCUT2D eigenvalue weighted by Gasteiger charge is -2.19. The molecule has 0 heterocycles. The van der Waals surface area contributed by atoms with Crippen LogP contribution < -0.4 is 10.0 Å². The van der Waals surface area contributed by atoms with Crippen LogP contribution in [-0.4, -0.2) is 20.4 Å². The van der Waals surface area contributed by atoms with Crippen molar-refractivity contribution in [1.82, 2.24) is 4.72 Å². The minimum atomic E-state index is -3.94. The van der Waals surface area contributed by atoms with Gasteiger partial charge in [0.2, 0.25) is 15.9 Å². The van der Waals surface area contributed by atoms with Gasteiger partial charge in [-0.1, -0.05) is 75.5 Å². The predicted octanol–water partition coefficient (Wildman–Crippen LogP) is 5.28. The van der Waals surface area contributed by atoms with Gasteiger partial charge in [-0.05, 0) is 48.4 Å². The zero-order valence-corrected chi connectivity index (χ0v) is 19.4. The summed E-state index contributed by atoms with van der Waals surface area (Å²) >= 11 is 15.4. The van der Waals surface area contributed by atoms with Gasteiger partial charge in [0.05, 0.1) is 20.6 Å². The molecule has 3 aromatic rings. The molecule has 0 bridgehead atoms. The Hall–Kier alpha value is -1.90. The number of rotatable bonds is 7. The molecule has 0 aromatic heterocycles. The Morgan fingerprint density at radius 1 is 0.933 bits per heavy atom. The summed E-state index contributed by atoms with van der Waals surface area (Å²) in [6.45, 7) is 0. The number of nitrogens with one attached hydrogen (secondary N) is 2. The van der Waals surface area contributed by atoms with E-state index < -0.39 is 22.0 Å². The summed E-state index contributed by atoms with van der Waals surface area (Å²) in [6, 6.07) is 19.0. The standard InChI is InChI=1S/C21H17BrCl2N2O3S/c22-15-9-11-16(12-10-15)30(28,29)26-19(13-14-5-2-1-3-6-14)21(27)25-18-8-4-7-17(23)20(18)24/h1-12,19,26H,13H2,(H,25,27)/t19-/m1/s1. The van der Waals surface area contributed by atoms with Crippen LogP contribution in [0.15, 0.2) is 82.2 Å². The molecule has 5 nitrogen and oxygen atoms in total. The van der Waals surface area contributed by atoms with Crippen LogP contribution in [0.5, 0.6) is 0 Å². The van der Waals surface area contributed by atoms with Gasteiger partial charge in [-0.2, -0.15) is 4.72 Å². The van der Waals surface area contributed by atoms with Crippen LogP contribution in [0.2, 0.25) is 10.0 Å². The van der Waals surface area contributed by atoms with Gasteiger partial charge in [0.15, 0.2) is 0 Å². The Bertz CT molecular complexity index is 1140. The highest BCUT2D eigenvalue weighted by Crippen LogP contribution is 2.29. The highest BCUT2D eigenvalue weighted by atomic mass is 79.9. The molecule has 0 aliphatic heterocycles. The monoisotopic (exact) mass is 526 g/mol. The van der Waals surface area contributed by atoms with Crippen molar-refractivity contribution in [1.29, 1.82) is 0 Å². The fourth-order valence-corrected chi connectivity index (χ4v) is 4.53. The van der Waals surface area contributed by atoms with E-state index in [0.717, 1.165) is 10.0 Å². The van der Waals surface area contributed by atoms with Gasteiger partial charge in [0.25, 0.3) is 0 Å². The first-order valence-corrected chi connectivity index (χ1v) is 11.9. The third-order valence-electron chi connectivity index (χ3n) is 4.23. The summed E-state index contributed by atoms with van der Waals surface area (Å²) in [5.41, 5.74) is 1.10. The van der Waals surface area contributed by atoms with E-state index in [1.807, 2.05) is 30.3 Å². The van der Waals surface area contributed by atoms with E-state index in [1.165, 1.54) is 12.1 Å². The maximum Gasteiger partial charge on any atom is 0.242 e. The van der Waals surface area contributed by atoms with Crippen molar-refractivity contribution in [2.75, 3.05) is 5.32 Å². The van der Waals surface area contributed by atoms with Gasteiger partial charge in [0, 0.05) is 4.47 Å². The summed E-state index contributed by atoms with van der Waals surface area (Å²) in [5.74, 6) is -0.552. The van der Waals surface area contributed by atoms with Gasteiger partial charge in [-0.25, -0.2) is 8.42 Å². The Balaban J connectivity index is 1.88. The maximum absolute atomic E-state index is 13.0. The van der Waals surface area contributed by atoms with Gasteiger partial charge < -0.3 is 5.32 Å². The zero-order chi connectivity index (χ0) is 21.7. The van der Waals surface area contributed by atoms with Crippen LogP contribution in [0.4, 0.5) is 5.69 Å². The number of hydrogen-bond donors (Lipinski definition) is 2. The predicted molar refractivity (Wildman–Crippen MR) is 123 cm³/mol. The molecule has 3 rings (SSSR count). The van der Waals surface area contributed by atoms with E-state index in [0.29, 0.717) is 5.69 Å². The van der Waals surface area contributed by atoms with Crippen LogP contribution in [0.25, 0.3) is 0 Å². The first kappa shape index (κ1) is 22.8. The number of benzene rings is 3. The smallest absolute Gasteiger partial charge is 0.242 e. The van der Waals surface area contributed by atoms with Crippen LogP contribution in [0.1, 0.15) is 5.56 Å². The maximum atomic E-state index is 13.0. The van der Waals surface area contributed by atoms with Gasteiger partial charge in [-0.3, -0.25) is 4.79 Å². The fraction of sp³-hybridized carbons (Fsp3) is 0.0952. The summed E-state index contributed by atoms with van der Waals surface area (Å²) in [6.07, 6.45) is 0.153. The molecule has 156 valence electrons. The van der Waals surface area contributed by atoms with Crippen molar-refractivity contribution >= 4 is 60.7 Å². The van der Waals surface area contributed by atoms with E-state index in [2.05, 4.69) is 26.0 Å². The molecule has 1 atom stereocenters. The average Bonchev–Trinajstić information content (AvgIpc) is 2.72. The molecule has 30 heavy (non-hydrogen) atoms. The number of amides is 1. The quantitative estimate of drug-likeness (QED) is 0.438. The van der Waals surface area contributed by atoms with Crippen molar-refractivity contribution in [3.63, 3.8) is 0 Å². The lowest BCUT2D eigenvalue weighted by Crippen LogP contribution is -2.45. The van der Waals surface area contributed by atoms with E-state index in [4.69, 9.17) is 23.2 Å². The highest BCUT2D eigenvalue weighted by Gasteiger charge is 2.27. The Kier molecular flexibility index (Phi) is 7.55. The SMILES string of the molecule is O=C(Nc1cccc(Cl)c1Cl)[C@@H](Cc1ccccc1)NS(=O)(=O)c1ccc(Br)cc1. The summed E-state index contributed by atoms with van der Waals surface area (Å²) in [5, 5.41) is 3.13. The molecule has 2 N–H and O–H groups in total. The fourth-order valence-electron chi connectivity index (χ4n) is 2.73. The second-order valence-electron chi connectivity index (χ2n) is 6.41. The van der Waals surface area contributed by atoms with Gasteiger partial charge in [0.1, 0.15) is 6.04 Å². The molecule has 0 fully saturated rings. The van der Waals surface area contributed by atoms with Crippen LogP contribution in [0.3, 0.4) is 0 Å². The van der Waals surface area contributed by atoms with Crippen LogP contribution in [0, 0.1) is 0 Å². The van der Waals surface area contributed by atoms with E-state index in [9.17, 15) is 13.2 Å². The molecular weight excluding hydrogens is 511 g/mol. The molecule has 3 aromatic carbocycles. The number of sulfonamides is 1. The molecule has 0 unspecified atom stereocenters. The zero-order valence-electron chi connectivity index (χ0n) is 15.5.